The predicted molar refractivity (Wildman–Crippen MR) is 73.3 cm³/mol. The van der Waals surface area contributed by atoms with Crippen LogP contribution >= 0.6 is 0 Å². The first-order valence-electron chi connectivity index (χ1n) is 6.53. The molecule has 100 valence electrons. The molecule has 3 unspecified atom stereocenters. The third-order valence-electron chi connectivity index (χ3n) is 3.22. The molecule has 0 saturated heterocycles. The first kappa shape index (κ1) is 14.7. The Hall–Kier alpha value is -1.35. The van der Waals surface area contributed by atoms with Gasteiger partial charge in [0.2, 0.25) is 0 Å². The van der Waals surface area contributed by atoms with E-state index in [2.05, 4.69) is 24.4 Å². The maximum absolute atomic E-state index is 11.6. The van der Waals surface area contributed by atoms with Crippen LogP contribution in [-0.4, -0.2) is 18.6 Å². The Balaban J connectivity index is 2.54. The van der Waals surface area contributed by atoms with Gasteiger partial charge in [-0.3, -0.25) is 4.79 Å². The second-order valence-corrected chi connectivity index (χ2v) is 4.63. The Morgan fingerprint density at radius 3 is 2.39 bits per heavy atom. The average Bonchev–Trinajstić information content (AvgIpc) is 2.39. The molecule has 18 heavy (non-hydrogen) atoms. The van der Waals surface area contributed by atoms with Crippen LogP contribution in [0.4, 0.5) is 0 Å². The molecule has 0 bridgehead atoms. The highest BCUT2D eigenvalue weighted by atomic mass is 16.5. The van der Waals surface area contributed by atoms with Crippen molar-refractivity contribution in [2.45, 2.75) is 39.8 Å². The third-order valence-corrected chi connectivity index (χ3v) is 3.22. The minimum absolute atomic E-state index is 0.0826. The highest BCUT2D eigenvalue weighted by molar-refractivity contribution is 5.72. The van der Waals surface area contributed by atoms with Crippen LogP contribution in [0.25, 0.3) is 0 Å². The van der Waals surface area contributed by atoms with Gasteiger partial charge in [0.05, 0.1) is 12.5 Å². The standard InChI is InChI=1S/C15H23NO2/c1-5-18-15(17)11(2)12(3)16-13(4)14-9-7-6-8-10-14/h6-13,16H,5H2,1-4H3. The third kappa shape index (κ3) is 4.15. The summed E-state index contributed by atoms with van der Waals surface area (Å²) in [4.78, 5) is 11.6. The summed E-state index contributed by atoms with van der Waals surface area (Å²) >= 11 is 0. The summed E-state index contributed by atoms with van der Waals surface area (Å²) in [5, 5.41) is 3.43. The summed E-state index contributed by atoms with van der Waals surface area (Å²) in [6.45, 7) is 8.28. The minimum Gasteiger partial charge on any atom is -0.466 e. The molecule has 0 aromatic heterocycles. The van der Waals surface area contributed by atoms with Gasteiger partial charge in [0, 0.05) is 12.1 Å². The Kier molecular flexibility index (Phi) is 5.86. The van der Waals surface area contributed by atoms with Crippen LogP contribution in [0.15, 0.2) is 30.3 Å². The molecule has 0 saturated carbocycles. The first-order valence-corrected chi connectivity index (χ1v) is 6.53. The quantitative estimate of drug-likeness (QED) is 0.788. The van der Waals surface area contributed by atoms with Gasteiger partial charge in [0.15, 0.2) is 0 Å². The summed E-state index contributed by atoms with van der Waals surface area (Å²) in [5.41, 5.74) is 1.22. The monoisotopic (exact) mass is 249 g/mol. The molecule has 0 fully saturated rings. The van der Waals surface area contributed by atoms with Crippen molar-refractivity contribution in [3.8, 4) is 0 Å². The highest BCUT2D eigenvalue weighted by Crippen LogP contribution is 2.15. The smallest absolute Gasteiger partial charge is 0.310 e. The van der Waals surface area contributed by atoms with Gasteiger partial charge in [-0.25, -0.2) is 0 Å². The summed E-state index contributed by atoms with van der Waals surface area (Å²) in [6, 6.07) is 10.5. The molecule has 0 aliphatic rings. The zero-order valence-electron chi connectivity index (χ0n) is 11.6. The minimum atomic E-state index is -0.142. The molecule has 1 N–H and O–H groups in total. The normalized spacial score (nSPS) is 15.8. The zero-order valence-corrected chi connectivity index (χ0v) is 11.6. The van der Waals surface area contributed by atoms with Crippen molar-refractivity contribution in [3.63, 3.8) is 0 Å². The summed E-state index contributed by atoms with van der Waals surface area (Å²) in [7, 11) is 0. The molecule has 0 amide bonds. The number of hydrogen-bond donors (Lipinski definition) is 1. The largest absolute Gasteiger partial charge is 0.466 e. The van der Waals surface area contributed by atoms with E-state index in [1.165, 1.54) is 5.56 Å². The second-order valence-electron chi connectivity index (χ2n) is 4.63. The van der Waals surface area contributed by atoms with Gasteiger partial charge in [-0.15, -0.1) is 0 Å². The van der Waals surface area contributed by atoms with Gasteiger partial charge in [-0.2, -0.15) is 0 Å². The van der Waals surface area contributed by atoms with Crippen molar-refractivity contribution >= 4 is 5.97 Å². The molecule has 0 aliphatic carbocycles. The fourth-order valence-corrected chi connectivity index (χ4v) is 1.85. The summed E-state index contributed by atoms with van der Waals surface area (Å²) < 4.78 is 5.03. The lowest BCUT2D eigenvalue weighted by atomic mass is 10.0. The summed E-state index contributed by atoms with van der Waals surface area (Å²) in [5.74, 6) is -0.283. The Bertz CT molecular complexity index is 364. The highest BCUT2D eigenvalue weighted by Gasteiger charge is 2.22. The van der Waals surface area contributed by atoms with Gasteiger partial charge >= 0.3 is 5.97 Å². The van der Waals surface area contributed by atoms with E-state index >= 15 is 0 Å². The van der Waals surface area contributed by atoms with Crippen LogP contribution in [0, 0.1) is 5.92 Å². The molecule has 1 aromatic carbocycles. The van der Waals surface area contributed by atoms with Gasteiger partial charge in [0.1, 0.15) is 0 Å². The second kappa shape index (κ2) is 7.17. The van der Waals surface area contributed by atoms with Crippen molar-refractivity contribution in [1.29, 1.82) is 0 Å². The van der Waals surface area contributed by atoms with E-state index in [0.717, 1.165) is 0 Å². The van der Waals surface area contributed by atoms with E-state index in [1.807, 2.05) is 39.0 Å². The SMILES string of the molecule is CCOC(=O)C(C)C(C)NC(C)c1ccccc1. The van der Waals surface area contributed by atoms with Crippen molar-refractivity contribution in [2.24, 2.45) is 5.92 Å². The molecule has 3 nitrogen and oxygen atoms in total. The van der Waals surface area contributed by atoms with Crippen molar-refractivity contribution in [3.05, 3.63) is 35.9 Å². The molecular formula is C15H23NO2. The Morgan fingerprint density at radius 2 is 1.83 bits per heavy atom. The van der Waals surface area contributed by atoms with E-state index < -0.39 is 0 Å². The maximum Gasteiger partial charge on any atom is 0.310 e. The number of ether oxygens (including phenoxy) is 1. The van der Waals surface area contributed by atoms with Gasteiger partial charge in [0.25, 0.3) is 0 Å². The predicted octanol–water partition coefficient (Wildman–Crippen LogP) is 2.92. The number of hydrogen-bond acceptors (Lipinski definition) is 3. The first-order chi connectivity index (χ1) is 8.56. The molecule has 1 aromatic rings. The number of rotatable bonds is 6. The van der Waals surface area contributed by atoms with Crippen molar-refractivity contribution in [1.82, 2.24) is 5.32 Å². The number of nitrogens with one attached hydrogen (secondary N) is 1. The van der Waals surface area contributed by atoms with Gasteiger partial charge in [-0.05, 0) is 26.3 Å². The van der Waals surface area contributed by atoms with E-state index in [1.54, 1.807) is 0 Å². The van der Waals surface area contributed by atoms with E-state index in [4.69, 9.17) is 4.74 Å². The molecule has 3 atom stereocenters. The molecule has 0 radical (unpaired) electrons. The van der Waals surface area contributed by atoms with E-state index in [0.29, 0.717) is 6.61 Å². The lowest BCUT2D eigenvalue weighted by Gasteiger charge is -2.24. The van der Waals surface area contributed by atoms with E-state index in [-0.39, 0.29) is 24.0 Å². The Morgan fingerprint density at radius 1 is 1.22 bits per heavy atom. The van der Waals surface area contributed by atoms with Crippen LogP contribution < -0.4 is 5.32 Å². The molecule has 3 heteroatoms. The Labute approximate surface area is 110 Å². The fourth-order valence-electron chi connectivity index (χ4n) is 1.85. The van der Waals surface area contributed by atoms with Crippen LogP contribution in [0.5, 0.6) is 0 Å². The van der Waals surface area contributed by atoms with Crippen LogP contribution in [0.3, 0.4) is 0 Å². The molecular weight excluding hydrogens is 226 g/mol. The van der Waals surface area contributed by atoms with Crippen LogP contribution in [0.1, 0.15) is 39.3 Å². The lowest BCUT2D eigenvalue weighted by Crippen LogP contribution is -2.38. The fraction of sp³-hybridized carbons (Fsp3) is 0.533. The number of benzene rings is 1. The van der Waals surface area contributed by atoms with E-state index in [9.17, 15) is 4.79 Å². The number of carbonyl (C=O) groups is 1. The average molecular weight is 249 g/mol. The van der Waals surface area contributed by atoms with Crippen LogP contribution in [-0.2, 0) is 9.53 Å². The molecule has 0 heterocycles. The zero-order chi connectivity index (χ0) is 13.5. The van der Waals surface area contributed by atoms with Gasteiger partial charge in [-0.1, -0.05) is 37.3 Å². The van der Waals surface area contributed by atoms with Crippen molar-refractivity contribution < 1.29 is 9.53 Å². The molecule has 1 rings (SSSR count). The number of esters is 1. The van der Waals surface area contributed by atoms with Crippen LogP contribution in [0.2, 0.25) is 0 Å². The topological polar surface area (TPSA) is 38.3 Å². The van der Waals surface area contributed by atoms with Crippen molar-refractivity contribution in [2.75, 3.05) is 6.61 Å². The molecule has 0 aliphatic heterocycles. The maximum atomic E-state index is 11.6. The van der Waals surface area contributed by atoms with Gasteiger partial charge < -0.3 is 10.1 Å². The molecule has 0 spiro atoms. The summed E-state index contributed by atoms with van der Waals surface area (Å²) in [6.07, 6.45) is 0. The lowest BCUT2D eigenvalue weighted by molar-refractivity contribution is -0.148. The number of carbonyl (C=O) groups excluding carboxylic acids is 1.